The number of anilines is 1. The largest absolute Gasteiger partial charge is 0.351 e. The lowest BCUT2D eigenvalue weighted by molar-refractivity contribution is -0.0512. The Kier molecular flexibility index (Phi) is 3.04. The first-order valence-electron chi connectivity index (χ1n) is 5.65. The van der Waals surface area contributed by atoms with Crippen LogP contribution in [0.15, 0.2) is 24.3 Å². The molecule has 0 radical (unpaired) electrons. The second-order valence-electron chi connectivity index (χ2n) is 4.07. The SMILES string of the molecule is CCOC1(C)NCc2ccccc2N1C(N)=O. The summed E-state index contributed by atoms with van der Waals surface area (Å²) in [5, 5.41) is 3.19. The van der Waals surface area contributed by atoms with Crippen LogP contribution in [0.5, 0.6) is 0 Å². The van der Waals surface area contributed by atoms with Gasteiger partial charge in [0.25, 0.3) is 0 Å². The molecule has 3 N–H and O–H groups in total. The van der Waals surface area contributed by atoms with Gasteiger partial charge in [0.1, 0.15) is 0 Å². The van der Waals surface area contributed by atoms with Crippen LogP contribution in [0.1, 0.15) is 19.4 Å². The van der Waals surface area contributed by atoms with Crippen molar-refractivity contribution in [1.29, 1.82) is 0 Å². The number of fused-ring (bicyclic) bond motifs is 1. The number of ether oxygens (including phenoxy) is 1. The van der Waals surface area contributed by atoms with Gasteiger partial charge in [-0.05, 0) is 25.5 Å². The Bertz CT molecular complexity index is 436. The predicted molar refractivity (Wildman–Crippen MR) is 65.4 cm³/mol. The number of rotatable bonds is 2. The molecule has 5 heteroatoms. The molecule has 1 aliphatic rings. The number of primary amides is 1. The van der Waals surface area contributed by atoms with Crippen molar-refractivity contribution in [3.63, 3.8) is 0 Å². The van der Waals surface area contributed by atoms with Gasteiger partial charge in [-0.2, -0.15) is 0 Å². The first-order valence-corrected chi connectivity index (χ1v) is 5.65. The summed E-state index contributed by atoms with van der Waals surface area (Å²) in [5.41, 5.74) is 7.29. The number of nitrogens with zero attached hydrogens (tertiary/aromatic N) is 1. The number of hydrogen-bond acceptors (Lipinski definition) is 3. The lowest BCUT2D eigenvalue weighted by atomic mass is 10.1. The molecule has 0 aliphatic carbocycles. The fourth-order valence-corrected chi connectivity index (χ4v) is 2.17. The summed E-state index contributed by atoms with van der Waals surface area (Å²) in [6.07, 6.45) is 0. The molecule has 1 unspecified atom stereocenters. The highest BCUT2D eigenvalue weighted by atomic mass is 16.5. The summed E-state index contributed by atoms with van der Waals surface area (Å²) in [6.45, 7) is 4.83. The van der Waals surface area contributed by atoms with Gasteiger partial charge in [-0.3, -0.25) is 10.2 Å². The molecule has 0 aromatic heterocycles. The molecular formula is C12H17N3O2. The maximum Gasteiger partial charge on any atom is 0.322 e. The van der Waals surface area contributed by atoms with Crippen LogP contribution in [0, 0.1) is 0 Å². The monoisotopic (exact) mass is 235 g/mol. The van der Waals surface area contributed by atoms with Crippen molar-refractivity contribution in [2.24, 2.45) is 5.73 Å². The standard InChI is InChI=1S/C12H17N3O2/c1-3-17-12(2)14-8-9-6-4-5-7-10(9)15(12)11(13)16/h4-7,14H,3,8H2,1-2H3,(H2,13,16). The number of carbonyl (C=O) groups excluding carboxylic acids is 1. The highest BCUT2D eigenvalue weighted by Crippen LogP contribution is 2.31. The number of urea groups is 1. The minimum absolute atomic E-state index is 0.495. The first kappa shape index (κ1) is 11.9. The van der Waals surface area contributed by atoms with Crippen LogP contribution in [0.25, 0.3) is 0 Å². The Labute approximate surface area is 101 Å². The predicted octanol–water partition coefficient (Wildman–Crippen LogP) is 1.39. The Hall–Kier alpha value is -1.59. The molecule has 2 rings (SSSR count). The van der Waals surface area contributed by atoms with E-state index in [0.717, 1.165) is 11.3 Å². The van der Waals surface area contributed by atoms with E-state index in [1.54, 1.807) is 6.92 Å². The van der Waals surface area contributed by atoms with E-state index in [4.69, 9.17) is 10.5 Å². The smallest absolute Gasteiger partial charge is 0.322 e. The van der Waals surface area contributed by atoms with E-state index < -0.39 is 11.9 Å². The normalized spacial score (nSPS) is 23.3. The summed E-state index contributed by atoms with van der Waals surface area (Å²) < 4.78 is 5.62. The van der Waals surface area contributed by atoms with Crippen molar-refractivity contribution >= 4 is 11.7 Å². The van der Waals surface area contributed by atoms with Crippen LogP contribution in [0.4, 0.5) is 10.5 Å². The maximum absolute atomic E-state index is 11.6. The molecule has 0 bridgehead atoms. The molecule has 0 saturated heterocycles. The number of nitrogens with one attached hydrogen (secondary N) is 1. The van der Waals surface area contributed by atoms with E-state index in [0.29, 0.717) is 13.2 Å². The van der Waals surface area contributed by atoms with E-state index in [9.17, 15) is 4.79 Å². The summed E-state index contributed by atoms with van der Waals surface area (Å²) in [6, 6.07) is 7.12. The van der Waals surface area contributed by atoms with Crippen LogP contribution in [0.3, 0.4) is 0 Å². The van der Waals surface area contributed by atoms with Gasteiger partial charge >= 0.3 is 6.03 Å². The third kappa shape index (κ3) is 1.99. The highest BCUT2D eigenvalue weighted by molar-refractivity contribution is 5.93. The molecule has 1 atom stereocenters. The van der Waals surface area contributed by atoms with Gasteiger partial charge in [0.15, 0.2) is 0 Å². The van der Waals surface area contributed by atoms with Gasteiger partial charge in [0.05, 0.1) is 5.69 Å². The lowest BCUT2D eigenvalue weighted by Gasteiger charge is -2.44. The van der Waals surface area contributed by atoms with Crippen LogP contribution in [-0.2, 0) is 11.3 Å². The molecule has 0 fully saturated rings. The Morgan fingerprint density at radius 2 is 2.29 bits per heavy atom. The van der Waals surface area contributed by atoms with Gasteiger partial charge in [0, 0.05) is 13.2 Å². The molecule has 5 nitrogen and oxygen atoms in total. The van der Waals surface area contributed by atoms with Gasteiger partial charge in [-0.1, -0.05) is 18.2 Å². The highest BCUT2D eigenvalue weighted by Gasteiger charge is 2.40. The van der Waals surface area contributed by atoms with Crippen molar-refractivity contribution in [2.75, 3.05) is 11.5 Å². The summed E-state index contributed by atoms with van der Waals surface area (Å²) in [4.78, 5) is 13.1. The fourth-order valence-electron chi connectivity index (χ4n) is 2.17. The summed E-state index contributed by atoms with van der Waals surface area (Å²) in [5.74, 6) is -0.880. The van der Waals surface area contributed by atoms with Crippen molar-refractivity contribution in [3.8, 4) is 0 Å². The molecular weight excluding hydrogens is 218 g/mol. The van der Waals surface area contributed by atoms with Crippen molar-refractivity contribution in [1.82, 2.24) is 5.32 Å². The van der Waals surface area contributed by atoms with Gasteiger partial charge < -0.3 is 10.5 Å². The van der Waals surface area contributed by atoms with E-state index >= 15 is 0 Å². The number of nitrogens with two attached hydrogens (primary N) is 1. The minimum Gasteiger partial charge on any atom is -0.351 e. The topological polar surface area (TPSA) is 67.6 Å². The number of amides is 2. The zero-order chi connectivity index (χ0) is 12.5. The van der Waals surface area contributed by atoms with E-state index in [2.05, 4.69) is 5.32 Å². The molecule has 0 spiro atoms. The van der Waals surface area contributed by atoms with E-state index in [1.165, 1.54) is 4.90 Å². The van der Waals surface area contributed by atoms with E-state index in [1.807, 2.05) is 31.2 Å². The zero-order valence-electron chi connectivity index (χ0n) is 10.1. The van der Waals surface area contributed by atoms with Crippen LogP contribution < -0.4 is 16.0 Å². The lowest BCUT2D eigenvalue weighted by Crippen LogP contribution is -2.64. The summed E-state index contributed by atoms with van der Waals surface area (Å²) in [7, 11) is 0. The maximum atomic E-state index is 11.6. The van der Waals surface area contributed by atoms with Crippen LogP contribution in [0.2, 0.25) is 0 Å². The molecule has 0 saturated carbocycles. The van der Waals surface area contributed by atoms with Gasteiger partial charge in [-0.25, -0.2) is 4.79 Å². The molecule has 1 aromatic carbocycles. The van der Waals surface area contributed by atoms with Crippen LogP contribution >= 0.6 is 0 Å². The van der Waals surface area contributed by atoms with Crippen molar-refractivity contribution in [3.05, 3.63) is 29.8 Å². The van der Waals surface area contributed by atoms with Crippen LogP contribution in [-0.4, -0.2) is 18.5 Å². The Morgan fingerprint density at radius 3 is 2.94 bits per heavy atom. The summed E-state index contributed by atoms with van der Waals surface area (Å²) >= 11 is 0. The fraction of sp³-hybridized carbons (Fsp3) is 0.417. The molecule has 17 heavy (non-hydrogen) atoms. The molecule has 1 aromatic rings. The van der Waals surface area contributed by atoms with Gasteiger partial charge in [-0.15, -0.1) is 0 Å². The average Bonchev–Trinajstić information content (AvgIpc) is 2.28. The quantitative estimate of drug-likeness (QED) is 0.813. The van der Waals surface area contributed by atoms with Gasteiger partial charge in [0.2, 0.25) is 5.85 Å². The molecule has 2 amide bonds. The number of carbonyl (C=O) groups is 1. The molecule has 1 aliphatic heterocycles. The molecule has 1 heterocycles. The zero-order valence-corrected chi connectivity index (χ0v) is 10.1. The van der Waals surface area contributed by atoms with Crippen molar-refractivity contribution < 1.29 is 9.53 Å². The Balaban J connectivity index is 2.46. The molecule has 92 valence electrons. The first-order chi connectivity index (χ1) is 8.08. The number of benzene rings is 1. The van der Waals surface area contributed by atoms with Crippen molar-refractivity contribution in [2.45, 2.75) is 26.2 Å². The minimum atomic E-state index is -0.880. The number of para-hydroxylation sites is 1. The third-order valence-electron chi connectivity index (χ3n) is 2.91. The third-order valence-corrected chi connectivity index (χ3v) is 2.91. The second-order valence-corrected chi connectivity index (χ2v) is 4.07. The second kappa shape index (κ2) is 4.35. The van der Waals surface area contributed by atoms with E-state index in [-0.39, 0.29) is 0 Å². The number of hydrogen-bond donors (Lipinski definition) is 2. The Morgan fingerprint density at radius 1 is 1.59 bits per heavy atom. The average molecular weight is 235 g/mol.